The summed E-state index contributed by atoms with van der Waals surface area (Å²) in [6.07, 6.45) is 5.81. The molecule has 2 aliphatic heterocycles. The number of carbonyl (C=O) groups is 1. The van der Waals surface area contributed by atoms with E-state index in [9.17, 15) is 4.79 Å². The smallest absolute Gasteiger partial charge is 0.409 e. The number of hydrogen-bond acceptors (Lipinski definition) is 6. The molecule has 2 aromatic rings. The Bertz CT molecular complexity index is 901. The van der Waals surface area contributed by atoms with Crippen LogP contribution in [0.1, 0.15) is 43.6 Å². The van der Waals surface area contributed by atoms with Crippen molar-refractivity contribution in [3.63, 3.8) is 0 Å². The molecule has 0 aliphatic carbocycles. The fourth-order valence-electron chi connectivity index (χ4n) is 4.23. The van der Waals surface area contributed by atoms with E-state index < -0.39 is 0 Å². The van der Waals surface area contributed by atoms with Crippen LogP contribution in [0.5, 0.6) is 0 Å². The van der Waals surface area contributed by atoms with E-state index in [1.807, 2.05) is 30.7 Å². The lowest BCUT2D eigenvalue weighted by Gasteiger charge is -2.33. The zero-order valence-electron chi connectivity index (χ0n) is 18.9. The summed E-state index contributed by atoms with van der Waals surface area (Å²) in [7, 11) is 0. The maximum atomic E-state index is 12.0. The number of fused-ring (bicyclic) bond motifs is 1. The van der Waals surface area contributed by atoms with Gasteiger partial charge in [-0.15, -0.1) is 0 Å². The highest BCUT2D eigenvalue weighted by Gasteiger charge is 2.26. The van der Waals surface area contributed by atoms with Gasteiger partial charge in [0.1, 0.15) is 17.4 Å². The van der Waals surface area contributed by atoms with Gasteiger partial charge in [0.05, 0.1) is 19.4 Å². The molecular weight excluding hydrogens is 410 g/mol. The maximum Gasteiger partial charge on any atom is 0.409 e. The Kier molecular flexibility index (Phi) is 7.28. The van der Waals surface area contributed by atoms with Crippen molar-refractivity contribution >= 4 is 12.1 Å². The molecule has 0 saturated carbocycles. The Hall–Kier alpha value is -3.04. The Morgan fingerprint density at radius 3 is 2.84 bits per heavy atom. The highest BCUT2D eigenvalue weighted by atomic mass is 16.6. The number of carbonyl (C=O) groups excluding carboxylic acids is 1. The lowest BCUT2D eigenvalue weighted by Crippen LogP contribution is -2.53. The second-order valence-corrected chi connectivity index (χ2v) is 8.30. The van der Waals surface area contributed by atoms with Crippen molar-refractivity contribution in [2.24, 2.45) is 4.99 Å². The molecule has 32 heavy (non-hydrogen) atoms. The van der Waals surface area contributed by atoms with E-state index in [0.717, 1.165) is 62.0 Å². The van der Waals surface area contributed by atoms with Crippen molar-refractivity contribution < 1.29 is 13.9 Å². The highest BCUT2D eigenvalue weighted by Crippen LogP contribution is 2.14. The average Bonchev–Trinajstić information content (AvgIpc) is 3.42. The first-order valence-electron chi connectivity index (χ1n) is 11.5. The van der Waals surface area contributed by atoms with Gasteiger partial charge < -0.3 is 24.7 Å². The van der Waals surface area contributed by atoms with Gasteiger partial charge in [0.25, 0.3) is 0 Å². The molecule has 0 aromatic carbocycles. The molecule has 0 radical (unpaired) electrons. The molecule has 10 heteroatoms. The van der Waals surface area contributed by atoms with Crippen LogP contribution in [0.4, 0.5) is 4.79 Å². The third kappa shape index (κ3) is 5.80. The van der Waals surface area contributed by atoms with Gasteiger partial charge in [0.2, 0.25) is 0 Å². The van der Waals surface area contributed by atoms with Gasteiger partial charge >= 0.3 is 6.09 Å². The summed E-state index contributed by atoms with van der Waals surface area (Å²) < 4.78 is 12.6. The molecule has 10 nitrogen and oxygen atoms in total. The summed E-state index contributed by atoms with van der Waals surface area (Å²) in [6.45, 7) is 6.93. The van der Waals surface area contributed by atoms with Gasteiger partial charge in [-0.3, -0.25) is 4.99 Å². The van der Waals surface area contributed by atoms with E-state index in [4.69, 9.17) is 14.1 Å². The number of piperidine rings is 1. The normalized spacial score (nSPS) is 19.5. The first-order valence-corrected chi connectivity index (χ1v) is 11.5. The van der Waals surface area contributed by atoms with Crippen molar-refractivity contribution in [1.29, 1.82) is 0 Å². The number of nitrogens with zero attached hydrogens (tertiary/aromatic N) is 5. The van der Waals surface area contributed by atoms with Crippen molar-refractivity contribution in [3.8, 4) is 0 Å². The minimum absolute atomic E-state index is 0.224. The number of aromatic nitrogens is 3. The van der Waals surface area contributed by atoms with Gasteiger partial charge in [-0.25, -0.2) is 14.5 Å². The zero-order chi connectivity index (χ0) is 22.3. The van der Waals surface area contributed by atoms with Crippen LogP contribution in [0.2, 0.25) is 0 Å². The molecule has 1 saturated heterocycles. The third-order valence-corrected chi connectivity index (χ3v) is 5.87. The maximum absolute atomic E-state index is 12.0. The van der Waals surface area contributed by atoms with Crippen molar-refractivity contribution in [2.45, 2.75) is 64.6 Å². The molecular formula is C22H33N7O3. The van der Waals surface area contributed by atoms with Crippen molar-refractivity contribution in [1.82, 2.24) is 30.3 Å². The topological polar surface area (TPSA) is 110 Å². The number of guanidine groups is 1. The van der Waals surface area contributed by atoms with Crippen LogP contribution in [0.3, 0.4) is 0 Å². The molecule has 0 spiro atoms. The lowest BCUT2D eigenvalue weighted by molar-refractivity contribution is 0.0963. The van der Waals surface area contributed by atoms with Crippen LogP contribution >= 0.6 is 0 Å². The summed E-state index contributed by atoms with van der Waals surface area (Å²) in [5, 5.41) is 11.7. The monoisotopic (exact) mass is 443 g/mol. The minimum Gasteiger partial charge on any atom is -0.469 e. The molecule has 1 amide bonds. The molecule has 1 atom stereocenters. The van der Waals surface area contributed by atoms with E-state index in [1.54, 1.807) is 11.2 Å². The number of aryl methyl sites for hydroxylation is 2. The quantitative estimate of drug-likeness (QED) is 0.518. The molecule has 0 bridgehead atoms. The van der Waals surface area contributed by atoms with Crippen molar-refractivity contribution in [3.05, 3.63) is 35.8 Å². The predicted molar refractivity (Wildman–Crippen MR) is 119 cm³/mol. The second-order valence-electron chi connectivity index (χ2n) is 8.30. The molecule has 4 rings (SSSR count). The summed E-state index contributed by atoms with van der Waals surface area (Å²) in [5.74, 6) is 3.60. The molecule has 4 heterocycles. The fraction of sp³-hybridized carbons (Fsp3) is 0.636. The second kappa shape index (κ2) is 10.5. The lowest BCUT2D eigenvalue weighted by atomic mass is 10.1. The van der Waals surface area contributed by atoms with Gasteiger partial charge in [-0.1, -0.05) is 0 Å². The largest absolute Gasteiger partial charge is 0.469 e. The van der Waals surface area contributed by atoms with Crippen LogP contribution in [0.15, 0.2) is 27.8 Å². The van der Waals surface area contributed by atoms with E-state index in [2.05, 4.69) is 20.7 Å². The van der Waals surface area contributed by atoms with Gasteiger partial charge in [0, 0.05) is 44.6 Å². The summed E-state index contributed by atoms with van der Waals surface area (Å²) in [6, 6.07) is 4.35. The molecule has 1 unspecified atom stereocenters. The zero-order valence-corrected chi connectivity index (χ0v) is 18.9. The number of amides is 1. The molecule has 1 fully saturated rings. The molecule has 2 aliphatic rings. The minimum atomic E-state index is -0.224. The number of nitrogens with one attached hydrogen (secondary N) is 2. The summed E-state index contributed by atoms with van der Waals surface area (Å²) in [5.41, 5.74) is 0. The number of hydrogen-bond donors (Lipinski definition) is 2. The van der Waals surface area contributed by atoms with E-state index in [1.165, 1.54) is 0 Å². The number of rotatable bonds is 6. The van der Waals surface area contributed by atoms with Crippen LogP contribution in [0.25, 0.3) is 0 Å². The van der Waals surface area contributed by atoms with Gasteiger partial charge in [0.15, 0.2) is 5.96 Å². The van der Waals surface area contributed by atoms with Crippen LogP contribution in [-0.2, 0) is 24.1 Å². The predicted octanol–water partition coefficient (Wildman–Crippen LogP) is 1.89. The number of furan rings is 1. The van der Waals surface area contributed by atoms with Crippen LogP contribution < -0.4 is 10.6 Å². The number of likely N-dealkylation sites (tertiary alicyclic amines) is 1. The first-order chi connectivity index (χ1) is 15.6. The molecule has 174 valence electrons. The van der Waals surface area contributed by atoms with Crippen LogP contribution in [-0.4, -0.2) is 70.0 Å². The van der Waals surface area contributed by atoms with Crippen molar-refractivity contribution in [2.75, 3.05) is 26.2 Å². The van der Waals surface area contributed by atoms with E-state index in [-0.39, 0.29) is 18.2 Å². The SMILES string of the molecule is CCOC(=O)N1CCC(NC(=NCCc2ccco2)NC2CCc3nc(C)nn3C2)CC1. The summed E-state index contributed by atoms with van der Waals surface area (Å²) >= 11 is 0. The Morgan fingerprint density at radius 2 is 2.09 bits per heavy atom. The first kappa shape index (κ1) is 22.2. The number of ether oxygens (including phenoxy) is 1. The Morgan fingerprint density at radius 1 is 1.28 bits per heavy atom. The third-order valence-electron chi connectivity index (χ3n) is 5.87. The van der Waals surface area contributed by atoms with Crippen LogP contribution in [0, 0.1) is 6.92 Å². The number of aliphatic imine (C=N–C) groups is 1. The molecule has 2 aromatic heterocycles. The molecule has 2 N–H and O–H groups in total. The highest BCUT2D eigenvalue weighted by molar-refractivity contribution is 5.80. The Labute approximate surface area is 188 Å². The Balaban J connectivity index is 1.35. The summed E-state index contributed by atoms with van der Waals surface area (Å²) in [4.78, 5) is 23.1. The average molecular weight is 444 g/mol. The van der Waals surface area contributed by atoms with Gasteiger partial charge in [-0.2, -0.15) is 5.10 Å². The van der Waals surface area contributed by atoms with Gasteiger partial charge in [-0.05, 0) is 45.2 Å². The fourth-order valence-corrected chi connectivity index (χ4v) is 4.23. The standard InChI is InChI=1S/C22H33N7O3/c1-3-31-22(30)28-12-9-17(10-13-28)25-21(23-11-8-19-5-4-14-32-19)26-18-6-7-20-24-16(2)27-29(20)15-18/h4-5,14,17-18H,3,6-13,15H2,1-2H3,(H2,23,25,26). The van der Waals surface area contributed by atoms with E-state index >= 15 is 0 Å². The van der Waals surface area contributed by atoms with E-state index in [0.29, 0.717) is 26.2 Å².